The van der Waals surface area contributed by atoms with Gasteiger partial charge in [0.15, 0.2) is 0 Å². The van der Waals surface area contributed by atoms with Crippen molar-refractivity contribution < 1.29 is 17.9 Å². The third-order valence-electron chi connectivity index (χ3n) is 4.49. The number of rotatable bonds is 4. The molecule has 24 heavy (non-hydrogen) atoms. The fraction of sp³-hybridized carbons (Fsp3) is 0.750. The summed E-state index contributed by atoms with van der Waals surface area (Å²) in [6.45, 7) is 4.27. The first-order valence-electron chi connectivity index (χ1n) is 8.55. The van der Waals surface area contributed by atoms with Gasteiger partial charge in [-0.25, -0.2) is 13.4 Å². The minimum atomic E-state index is -3.19. The number of piperidine rings is 1. The van der Waals surface area contributed by atoms with Gasteiger partial charge in [-0.05, 0) is 12.8 Å². The first kappa shape index (κ1) is 17.6. The average Bonchev–Trinajstić information content (AvgIpc) is 2.79. The van der Waals surface area contributed by atoms with E-state index >= 15 is 0 Å². The quantitative estimate of drug-likeness (QED) is 0.800. The maximum Gasteiger partial charge on any atom is 0.220 e. The van der Waals surface area contributed by atoms with Crippen molar-refractivity contribution in [3.63, 3.8) is 0 Å². The summed E-state index contributed by atoms with van der Waals surface area (Å²) in [5, 5.41) is 0. The molecule has 1 fully saturated rings. The highest BCUT2D eigenvalue weighted by atomic mass is 32.2. The standard InChI is InChI=1S/C16H25N3O4S/c1-3-15-17-14-7-10-22-9-6-13(14)16(18-15)23-12-5-4-8-19(11-12)24(2,20)21/h12H,3-11H2,1-2H3. The number of nitrogens with zero attached hydrogens (tertiary/aromatic N) is 3. The number of sulfonamides is 1. The Hall–Kier alpha value is -1.25. The van der Waals surface area contributed by atoms with Crippen LogP contribution < -0.4 is 4.74 Å². The van der Waals surface area contributed by atoms with Gasteiger partial charge in [0.05, 0.1) is 31.7 Å². The van der Waals surface area contributed by atoms with Crippen molar-refractivity contribution in [3.05, 3.63) is 17.1 Å². The number of hydrogen-bond acceptors (Lipinski definition) is 6. The Balaban J connectivity index is 1.83. The lowest BCUT2D eigenvalue weighted by Crippen LogP contribution is -2.44. The van der Waals surface area contributed by atoms with E-state index in [0.29, 0.717) is 32.2 Å². The van der Waals surface area contributed by atoms with Crippen LogP contribution in [0.1, 0.15) is 36.8 Å². The van der Waals surface area contributed by atoms with Crippen molar-refractivity contribution in [3.8, 4) is 5.88 Å². The Morgan fingerprint density at radius 1 is 1.29 bits per heavy atom. The van der Waals surface area contributed by atoms with E-state index in [1.165, 1.54) is 10.6 Å². The average molecular weight is 355 g/mol. The summed E-state index contributed by atoms with van der Waals surface area (Å²) in [5.74, 6) is 1.38. The van der Waals surface area contributed by atoms with Gasteiger partial charge in [0.1, 0.15) is 11.9 Å². The monoisotopic (exact) mass is 355 g/mol. The fourth-order valence-corrected chi connectivity index (χ4v) is 4.07. The Bertz CT molecular complexity index is 693. The molecule has 1 saturated heterocycles. The van der Waals surface area contributed by atoms with Crippen LogP contribution in [0.3, 0.4) is 0 Å². The van der Waals surface area contributed by atoms with Gasteiger partial charge in [0.2, 0.25) is 15.9 Å². The van der Waals surface area contributed by atoms with E-state index in [2.05, 4.69) is 9.97 Å². The zero-order valence-electron chi connectivity index (χ0n) is 14.3. The second kappa shape index (κ2) is 7.33. The molecule has 8 heteroatoms. The summed E-state index contributed by atoms with van der Waals surface area (Å²) in [6.07, 6.45) is 4.96. The van der Waals surface area contributed by atoms with Crippen molar-refractivity contribution in [1.82, 2.24) is 14.3 Å². The van der Waals surface area contributed by atoms with Crippen molar-refractivity contribution in [2.24, 2.45) is 0 Å². The summed E-state index contributed by atoms with van der Waals surface area (Å²) in [7, 11) is -3.19. The topological polar surface area (TPSA) is 81.6 Å². The molecule has 2 aliphatic rings. The molecule has 1 unspecified atom stereocenters. The normalized spacial score (nSPS) is 22.7. The molecular formula is C16H25N3O4S. The summed E-state index contributed by atoms with van der Waals surface area (Å²) < 4.78 is 36.8. The molecule has 0 bridgehead atoms. The molecule has 1 aromatic heterocycles. The highest BCUT2D eigenvalue weighted by molar-refractivity contribution is 7.88. The van der Waals surface area contributed by atoms with Gasteiger partial charge in [-0.1, -0.05) is 6.92 Å². The third kappa shape index (κ3) is 4.04. The summed E-state index contributed by atoms with van der Waals surface area (Å²) in [5.41, 5.74) is 2.02. The van der Waals surface area contributed by atoms with Gasteiger partial charge in [-0.15, -0.1) is 0 Å². The van der Waals surface area contributed by atoms with Crippen LogP contribution in [0, 0.1) is 0 Å². The Morgan fingerprint density at radius 2 is 2.08 bits per heavy atom. The Labute approximate surface area is 143 Å². The molecule has 0 aromatic carbocycles. The maximum absolute atomic E-state index is 11.8. The molecular weight excluding hydrogens is 330 g/mol. The smallest absolute Gasteiger partial charge is 0.220 e. The van der Waals surface area contributed by atoms with E-state index in [1.807, 2.05) is 6.92 Å². The van der Waals surface area contributed by atoms with E-state index in [4.69, 9.17) is 9.47 Å². The van der Waals surface area contributed by atoms with E-state index in [-0.39, 0.29) is 6.10 Å². The molecule has 0 spiro atoms. The molecule has 0 aliphatic carbocycles. The first-order valence-corrected chi connectivity index (χ1v) is 10.4. The van der Waals surface area contributed by atoms with E-state index < -0.39 is 10.0 Å². The van der Waals surface area contributed by atoms with E-state index in [0.717, 1.165) is 49.2 Å². The summed E-state index contributed by atoms with van der Waals surface area (Å²) >= 11 is 0. The molecule has 7 nitrogen and oxygen atoms in total. The number of aryl methyl sites for hydroxylation is 1. The van der Waals surface area contributed by atoms with Crippen LogP contribution in [-0.4, -0.2) is 61.4 Å². The lowest BCUT2D eigenvalue weighted by Gasteiger charge is -2.31. The first-order chi connectivity index (χ1) is 11.5. The molecule has 0 amide bonds. The molecule has 1 atom stereocenters. The van der Waals surface area contributed by atoms with Crippen LogP contribution in [0.25, 0.3) is 0 Å². The van der Waals surface area contributed by atoms with Crippen molar-refractivity contribution >= 4 is 10.0 Å². The fourth-order valence-electron chi connectivity index (χ4n) is 3.18. The molecule has 1 aromatic rings. The Kier molecular flexibility index (Phi) is 5.36. The van der Waals surface area contributed by atoms with Crippen molar-refractivity contribution in [2.75, 3.05) is 32.6 Å². The lowest BCUT2D eigenvalue weighted by molar-refractivity contribution is 0.121. The van der Waals surface area contributed by atoms with Crippen LogP contribution in [0.5, 0.6) is 5.88 Å². The number of ether oxygens (including phenoxy) is 2. The maximum atomic E-state index is 11.8. The highest BCUT2D eigenvalue weighted by Crippen LogP contribution is 2.26. The van der Waals surface area contributed by atoms with Gasteiger partial charge in [0, 0.05) is 31.4 Å². The predicted octanol–water partition coefficient (Wildman–Crippen LogP) is 0.957. The second-order valence-corrected chi connectivity index (χ2v) is 8.32. The van der Waals surface area contributed by atoms with Gasteiger partial charge in [0.25, 0.3) is 0 Å². The van der Waals surface area contributed by atoms with Crippen molar-refractivity contribution in [2.45, 2.75) is 45.1 Å². The van der Waals surface area contributed by atoms with E-state index in [1.54, 1.807) is 0 Å². The molecule has 134 valence electrons. The number of fused-ring (bicyclic) bond motifs is 1. The van der Waals surface area contributed by atoms with Gasteiger partial charge in [-0.3, -0.25) is 0 Å². The van der Waals surface area contributed by atoms with Crippen molar-refractivity contribution in [1.29, 1.82) is 0 Å². The second-order valence-electron chi connectivity index (χ2n) is 6.34. The minimum Gasteiger partial charge on any atom is -0.473 e. The molecule has 0 radical (unpaired) electrons. The van der Waals surface area contributed by atoms with Crippen LogP contribution >= 0.6 is 0 Å². The van der Waals surface area contributed by atoms with Crippen LogP contribution in [0.15, 0.2) is 0 Å². The molecule has 0 N–H and O–H groups in total. The zero-order valence-corrected chi connectivity index (χ0v) is 15.1. The van der Waals surface area contributed by atoms with Gasteiger partial charge >= 0.3 is 0 Å². The molecule has 0 saturated carbocycles. The van der Waals surface area contributed by atoms with Gasteiger partial charge < -0.3 is 9.47 Å². The largest absolute Gasteiger partial charge is 0.473 e. The zero-order chi connectivity index (χ0) is 17.2. The van der Waals surface area contributed by atoms with E-state index in [9.17, 15) is 8.42 Å². The predicted molar refractivity (Wildman–Crippen MR) is 89.7 cm³/mol. The molecule has 3 rings (SSSR count). The van der Waals surface area contributed by atoms with Gasteiger partial charge in [-0.2, -0.15) is 9.29 Å². The van der Waals surface area contributed by atoms with Crippen LogP contribution in [0.2, 0.25) is 0 Å². The van der Waals surface area contributed by atoms with Crippen LogP contribution in [0.4, 0.5) is 0 Å². The third-order valence-corrected chi connectivity index (χ3v) is 5.75. The lowest BCUT2D eigenvalue weighted by atomic mass is 10.1. The molecule has 2 aliphatic heterocycles. The minimum absolute atomic E-state index is 0.165. The number of aromatic nitrogens is 2. The Morgan fingerprint density at radius 3 is 2.83 bits per heavy atom. The SMILES string of the molecule is CCc1nc2c(c(OC3CCCN(S(C)(=O)=O)C3)n1)CCOCC2. The summed E-state index contributed by atoms with van der Waals surface area (Å²) in [6, 6.07) is 0. The molecule has 3 heterocycles. The highest BCUT2D eigenvalue weighted by Gasteiger charge is 2.28. The number of hydrogen-bond donors (Lipinski definition) is 0. The summed E-state index contributed by atoms with van der Waals surface area (Å²) in [4.78, 5) is 9.19. The van der Waals surface area contributed by atoms with Crippen LogP contribution in [-0.2, 0) is 34.0 Å².